The van der Waals surface area contributed by atoms with Crippen molar-refractivity contribution in [3.8, 4) is 11.4 Å². The zero-order valence-electron chi connectivity index (χ0n) is 12.1. The van der Waals surface area contributed by atoms with Crippen LogP contribution in [0.1, 0.15) is 32.7 Å². The van der Waals surface area contributed by atoms with Crippen LogP contribution < -0.4 is 5.73 Å². The lowest BCUT2D eigenvalue weighted by molar-refractivity contribution is -0.0707. The summed E-state index contributed by atoms with van der Waals surface area (Å²) in [6.07, 6.45) is 1.75. The molecule has 1 aromatic carbocycles. The van der Waals surface area contributed by atoms with E-state index in [-0.39, 0.29) is 11.6 Å². The van der Waals surface area contributed by atoms with Gasteiger partial charge in [-0.1, -0.05) is 11.6 Å². The largest absolute Gasteiger partial charge is 0.399 e. The fraction of sp³-hybridized carbons (Fsp3) is 0.500. The van der Waals surface area contributed by atoms with E-state index in [9.17, 15) is 0 Å². The SMILES string of the molecule is CC1(C)CC(n2nnnc2-c2cc(N)cc(Cl)c2)CCO1. The first-order chi connectivity index (χ1) is 9.94. The minimum Gasteiger partial charge on any atom is -0.399 e. The minimum absolute atomic E-state index is 0.167. The third-order valence-electron chi connectivity index (χ3n) is 3.69. The number of benzene rings is 1. The van der Waals surface area contributed by atoms with Crippen molar-refractivity contribution in [3.05, 3.63) is 23.2 Å². The maximum absolute atomic E-state index is 6.07. The highest BCUT2D eigenvalue weighted by Crippen LogP contribution is 2.34. The van der Waals surface area contributed by atoms with Gasteiger partial charge in [-0.2, -0.15) is 0 Å². The monoisotopic (exact) mass is 307 g/mol. The molecule has 2 aromatic rings. The van der Waals surface area contributed by atoms with E-state index in [1.807, 2.05) is 16.8 Å². The number of rotatable bonds is 2. The molecule has 0 amide bonds. The van der Waals surface area contributed by atoms with E-state index in [4.69, 9.17) is 22.1 Å². The summed E-state index contributed by atoms with van der Waals surface area (Å²) in [5.74, 6) is 0.687. The Bertz CT molecular complexity index is 634. The van der Waals surface area contributed by atoms with Gasteiger partial charge in [-0.25, -0.2) is 4.68 Å². The molecule has 0 aliphatic carbocycles. The van der Waals surface area contributed by atoms with Gasteiger partial charge in [-0.15, -0.1) is 5.10 Å². The number of anilines is 1. The molecule has 21 heavy (non-hydrogen) atoms. The molecule has 1 unspecified atom stereocenters. The van der Waals surface area contributed by atoms with Gasteiger partial charge in [0.2, 0.25) is 0 Å². The van der Waals surface area contributed by atoms with Gasteiger partial charge in [-0.05, 0) is 55.3 Å². The van der Waals surface area contributed by atoms with Gasteiger partial charge in [0.1, 0.15) is 0 Å². The van der Waals surface area contributed by atoms with E-state index in [1.165, 1.54) is 0 Å². The molecule has 1 atom stereocenters. The summed E-state index contributed by atoms with van der Waals surface area (Å²) in [6.45, 7) is 4.87. The van der Waals surface area contributed by atoms with Gasteiger partial charge in [0.15, 0.2) is 5.82 Å². The summed E-state index contributed by atoms with van der Waals surface area (Å²) < 4.78 is 7.61. The third kappa shape index (κ3) is 3.01. The van der Waals surface area contributed by atoms with Crippen LogP contribution in [0.4, 0.5) is 5.69 Å². The van der Waals surface area contributed by atoms with Gasteiger partial charge >= 0.3 is 0 Å². The van der Waals surface area contributed by atoms with Crippen molar-refractivity contribution in [2.45, 2.75) is 38.3 Å². The standard InChI is InChI=1S/C14H18ClN5O/c1-14(2)8-12(3-4-21-14)20-13(17-18-19-20)9-5-10(15)7-11(16)6-9/h5-7,12H,3-4,8,16H2,1-2H3. The maximum atomic E-state index is 6.07. The Hall–Kier alpha value is -1.66. The Balaban J connectivity index is 1.97. The van der Waals surface area contributed by atoms with Crippen LogP contribution in [-0.4, -0.2) is 32.4 Å². The molecular weight excluding hydrogens is 290 g/mol. The number of nitrogen functional groups attached to an aromatic ring is 1. The molecule has 1 aromatic heterocycles. The summed E-state index contributed by atoms with van der Waals surface area (Å²) >= 11 is 6.07. The lowest BCUT2D eigenvalue weighted by Crippen LogP contribution is -2.35. The van der Waals surface area contributed by atoms with Gasteiger partial charge in [-0.3, -0.25) is 0 Å². The molecule has 0 radical (unpaired) electrons. The summed E-state index contributed by atoms with van der Waals surface area (Å²) in [4.78, 5) is 0. The predicted octanol–water partition coefficient (Wildman–Crippen LogP) is 2.71. The molecule has 112 valence electrons. The number of aromatic nitrogens is 4. The number of nitrogens with zero attached hydrogens (tertiary/aromatic N) is 4. The molecule has 3 rings (SSSR count). The summed E-state index contributed by atoms with van der Waals surface area (Å²) in [6, 6.07) is 5.57. The van der Waals surface area contributed by atoms with Gasteiger partial charge in [0, 0.05) is 22.9 Å². The van der Waals surface area contributed by atoms with E-state index in [1.54, 1.807) is 6.07 Å². The van der Waals surface area contributed by atoms with Crippen LogP contribution in [0.3, 0.4) is 0 Å². The summed E-state index contributed by atoms with van der Waals surface area (Å²) in [5, 5.41) is 12.7. The van der Waals surface area contributed by atoms with E-state index >= 15 is 0 Å². The molecule has 1 aliphatic rings. The first-order valence-corrected chi connectivity index (χ1v) is 7.31. The van der Waals surface area contributed by atoms with Crippen LogP contribution in [0.5, 0.6) is 0 Å². The van der Waals surface area contributed by atoms with Gasteiger partial charge in [0.25, 0.3) is 0 Å². The highest BCUT2D eigenvalue weighted by molar-refractivity contribution is 6.31. The second-order valence-corrected chi connectivity index (χ2v) is 6.41. The first-order valence-electron chi connectivity index (χ1n) is 6.93. The number of hydrogen-bond acceptors (Lipinski definition) is 5. The number of halogens is 1. The second-order valence-electron chi connectivity index (χ2n) is 5.98. The molecule has 2 heterocycles. The normalized spacial score (nSPS) is 21.4. The number of tetrazole rings is 1. The highest BCUT2D eigenvalue weighted by Gasteiger charge is 2.32. The average Bonchev–Trinajstić information content (AvgIpc) is 2.85. The van der Waals surface area contributed by atoms with Gasteiger partial charge in [0.05, 0.1) is 11.6 Å². The van der Waals surface area contributed by atoms with Gasteiger partial charge < -0.3 is 10.5 Å². The zero-order valence-corrected chi connectivity index (χ0v) is 12.8. The van der Waals surface area contributed by atoms with Crippen molar-refractivity contribution in [1.29, 1.82) is 0 Å². The molecule has 1 fully saturated rings. The molecule has 0 bridgehead atoms. The average molecular weight is 308 g/mol. The molecule has 1 saturated heterocycles. The van der Waals surface area contributed by atoms with Crippen molar-refractivity contribution in [2.24, 2.45) is 0 Å². The van der Waals surface area contributed by atoms with Crippen LogP contribution in [0.25, 0.3) is 11.4 Å². The third-order valence-corrected chi connectivity index (χ3v) is 3.91. The van der Waals surface area contributed by atoms with Crippen molar-refractivity contribution < 1.29 is 4.74 Å². The fourth-order valence-electron chi connectivity index (χ4n) is 2.78. The van der Waals surface area contributed by atoms with Crippen molar-refractivity contribution >= 4 is 17.3 Å². The smallest absolute Gasteiger partial charge is 0.182 e. The number of hydrogen-bond donors (Lipinski definition) is 1. The van der Waals surface area contributed by atoms with Crippen molar-refractivity contribution in [3.63, 3.8) is 0 Å². The Morgan fingerprint density at radius 1 is 1.38 bits per heavy atom. The Morgan fingerprint density at radius 2 is 2.19 bits per heavy atom. The molecule has 6 nitrogen and oxygen atoms in total. The molecule has 0 saturated carbocycles. The lowest BCUT2D eigenvalue weighted by atomic mass is 9.94. The highest BCUT2D eigenvalue weighted by atomic mass is 35.5. The second kappa shape index (κ2) is 5.27. The van der Waals surface area contributed by atoms with Crippen LogP contribution in [0.2, 0.25) is 5.02 Å². The summed E-state index contributed by atoms with van der Waals surface area (Å²) in [7, 11) is 0. The van der Waals surface area contributed by atoms with Crippen molar-refractivity contribution in [2.75, 3.05) is 12.3 Å². The molecule has 7 heteroatoms. The van der Waals surface area contributed by atoms with E-state index in [2.05, 4.69) is 29.4 Å². The Labute approximate surface area is 128 Å². The van der Waals surface area contributed by atoms with Crippen LogP contribution in [0, 0.1) is 0 Å². The van der Waals surface area contributed by atoms with Crippen molar-refractivity contribution in [1.82, 2.24) is 20.2 Å². The molecule has 2 N–H and O–H groups in total. The Kier molecular flexibility index (Phi) is 3.59. The molecule has 1 aliphatic heterocycles. The van der Waals surface area contributed by atoms with Crippen LogP contribution in [-0.2, 0) is 4.74 Å². The topological polar surface area (TPSA) is 78.9 Å². The first kappa shape index (κ1) is 14.3. The minimum atomic E-state index is -0.167. The summed E-state index contributed by atoms with van der Waals surface area (Å²) in [5.41, 5.74) is 7.11. The van der Waals surface area contributed by atoms with E-state index < -0.39 is 0 Å². The molecular formula is C14H18ClN5O. The van der Waals surface area contributed by atoms with E-state index in [0.29, 0.717) is 23.1 Å². The zero-order chi connectivity index (χ0) is 15.0. The molecule has 0 spiro atoms. The number of ether oxygens (including phenoxy) is 1. The lowest BCUT2D eigenvalue weighted by Gasteiger charge is -2.35. The Morgan fingerprint density at radius 3 is 2.90 bits per heavy atom. The maximum Gasteiger partial charge on any atom is 0.182 e. The van der Waals surface area contributed by atoms with E-state index in [0.717, 1.165) is 18.4 Å². The fourth-order valence-corrected chi connectivity index (χ4v) is 3.02. The van der Waals surface area contributed by atoms with Crippen LogP contribution in [0.15, 0.2) is 18.2 Å². The number of nitrogens with two attached hydrogens (primary N) is 1. The predicted molar refractivity (Wildman–Crippen MR) is 81.0 cm³/mol. The van der Waals surface area contributed by atoms with Crippen LogP contribution >= 0.6 is 11.6 Å². The quantitative estimate of drug-likeness (QED) is 0.863.